The largest absolute Gasteiger partial charge is 0.275 e. The van der Waals surface area contributed by atoms with Crippen LogP contribution in [0.3, 0.4) is 0 Å². The van der Waals surface area contributed by atoms with Crippen molar-refractivity contribution in [2.75, 3.05) is 0 Å². The van der Waals surface area contributed by atoms with Crippen LogP contribution in [0, 0.1) is 0 Å². The smallest absolute Gasteiger partial charge is 0.231 e. The van der Waals surface area contributed by atoms with E-state index in [0.717, 1.165) is 0 Å². The summed E-state index contributed by atoms with van der Waals surface area (Å²) in [5.74, 6) is -0.890. The number of piperidine rings is 1. The molecule has 0 aromatic carbocycles. The van der Waals surface area contributed by atoms with Gasteiger partial charge in [-0.1, -0.05) is 0 Å². The number of amides is 2. The maximum atomic E-state index is 12.8. The number of nitrogens with zero attached hydrogens (tertiary/aromatic N) is 1. The molecule has 11 heavy (non-hydrogen) atoms. The number of halogens is 1. The fraction of sp³-hybridized carbons (Fsp3) is 0.714. The molecule has 1 heterocycles. The molecule has 2 amide bonds. The van der Waals surface area contributed by atoms with Gasteiger partial charge in [-0.05, 0) is 12.8 Å². The molecule has 0 N–H and O–H groups in total. The third-order valence-electron chi connectivity index (χ3n) is 1.72. The van der Waals surface area contributed by atoms with Crippen LogP contribution in [-0.2, 0) is 9.59 Å². The van der Waals surface area contributed by atoms with Crippen LogP contribution in [-0.4, -0.2) is 23.0 Å². The Morgan fingerprint density at radius 2 is 2.36 bits per heavy atom. The van der Waals surface area contributed by atoms with Crippen molar-refractivity contribution < 1.29 is 14.0 Å². The molecule has 4 heteroatoms. The van der Waals surface area contributed by atoms with Crippen molar-refractivity contribution in [2.45, 2.75) is 32.5 Å². The molecule has 1 fully saturated rings. The predicted molar refractivity (Wildman–Crippen MR) is 36.3 cm³/mol. The molecule has 0 aromatic heterocycles. The second-order valence-corrected chi connectivity index (χ2v) is 2.61. The van der Waals surface area contributed by atoms with Crippen molar-refractivity contribution in [3.63, 3.8) is 0 Å². The molecular formula is C7H10FNO2. The second kappa shape index (κ2) is 2.98. The minimum absolute atomic E-state index is 0.283. The van der Waals surface area contributed by atoms with Gasteiger partial charge in [-0.3, -0.25) is 14.5 Å². The van der Waals surface area contributed by atoms with Crippen LogP contribution in [0.25, 0.3) is 0 Å². The number of hydrogen-bond acceptors (Lipinski definition) is 2. The number of alkyl halides is 1. The molecule has 3 nitrogen and oxygen atoms in total. The van der Waals surface area contributed by atoms with Crippen molar-refractivity contribution in [3.05, 3.63) is 0 Å². The van der Waals surface area contributed by atoms with Crippen LogP contribution in [0.1, 0.15) is 26.2 Å². The standard InChI is InChI=1S/C7H10FNO2/c1-5(10)9-6(8)3-2-4-7(9)11/h6H,2-4H2,1H3. The van der Waals surface area contributed by atoms with Crippen LogP contribution < -0.4 is 0 Å². The van der Waals surface area contributed by atoms with Gasteiger partial charge >= 0.3 is 0 Å². The first kappa shape index (κ1) is 8.17. The molecule has 1 unspecified atom stereocenters. The molecule has 62 valence electrons. The second-order valence-electron chi connectivity index (χ2n) is 2.61. The highest BCUT2D eigenvalue weighted by Gasteiger charge is 2.30. The van der Waals surface area contributed by atoms with E-state index in [1.54, 1.807) is 0 Å². The van der Waals surface area contributed by atoms with Crippen molar-refractivity contribution in [1.82, 2.24) is 4.90 Å². The molecule has 0 bridgehead atoms. The molecule has 1 aliphatic rings. The summed E-state index contributed by atoms with van der Waals surface area (Å²) in [6, 6.07) is 0. The van der Waals surface area contributed by atoms with E-state index in [0.29, 0.717) is 17.7 Å². The molecule has 0 aromatic rings. The Kier molecular flexibility index (Phi) is 2.22. The van der Waals surface area contributed by atoms with Gasteiger partial charge in [-0.15, -0.1) is 0 Å². The molecule has 1 rings (SSSR count). The third-order valence-corrected chi connectivity index (χ3v) is 1.72. The summed E-state index contributed by atoms with van der Waals surface area (Å²) in [5.41, 5.74) is 0. The summed E-state index contributed by atoms with van der Waals surface area (Å²) in [7, 11) is 0. The molecule has 1 saturated heterocycles. The number of likely N-dealkylation sites (tertiary alicyclic amines) is 1. The number of rotatable bonds is 0. The summed E-state index contributed by atoms with van der Waals surface area (Å²) < 4.78 is 12.8. The van der Waals surface area contributed by atoms with E-state index < -0.39 is 18.1 Å². The number of carbonyl (C=O) groups is 2. The van der Waals surface area contributed by atoms with E-state index in [-0.39, 0.29) is 6.42 Å². The lowest BCUT2D eigenvalue weighted by Gasteiger charge is -2.27. The molecular weight excluding hydrogens is 149 g/mol. The van der Waals surface area contributed by atoms with Gasteiger partial charge in [0.25, 0.3) is 0 Å². The zero-order valence-electron chi connectivity index (χ0n) is 6.34. The lowest BCUT2D eigenvalue weighted by Crippen LogP contribution is -2.44. The number of hydrogen-bond donors (Lipinski definition) is 0. The zero-order valence-corrected chi connectivity index (χ0v) is 6.34. The molecule has 1 atom stereocenters. The number of carbonyl (C=O) groups excluding carboxylic acids is 2. The van der Waals surface area contributed by atoms with E-state index >= 15 is 0 Å². The fourth-order valence-corrected chi connectivity index (χ4v) is 1.20. The van der Waals surface area contributed by atoms with Crippen LogP contribution in [0.5, 0.6) is 0 Å². The SMILES string of the molecule is CC(=O)N1C(=O)CCCC1F. The monoisotopic (exact) mass is 159 g/mol. The third kappa shape index (κ3) is 1.56. The Labute approximate surface area is 64.2 Å². The molecule has 0 aliphatic carbocycles. The van der Waals surface area contributed by atoms with Crippen molar-refractivity contribution in [2.24, 2.45) is 0 Å². The van der Waals surface area contributed by atoms with Gasteiger partial charge in [0.05, 0.1) is 0 Å². The summed E-state index contributed by atoms with van der Waals surface area (Å²) in [6.07, 6.45) is -0.275. The summed E-state index contributed by atoms with van der Waals surface area (Å²) >= 11 is 0. The highest BCUT2D eigenvalue weighted by atomic mass is 19.1. The first-order chi connectivity index (χ1) is 5.13. The maximum absolute atomic E-state index is 12.8. The normalized spacial score (nSPS) is 25.5. The van der Waals surface area contributed by atoms with Gasteiger partial charge in [-0.2, -0.15) is 0 Å². The minimum Gasteiger partial charge on any atom is -0.275 e. The van der Waals surface area contributed by atoms with Gasteiger partial charge in [-0.25, -0.2) is 4.39 Å². The number of imide groups is 1. The topological polar surface area (TPSA) is 37.4 Å². The van der Waals surface area contributed by atoms with E-state index in [1.807, 2.05) is 0 Å². The highest BCUT2D eigenvalue weighted by molar-refractivity contribution is 5.94. The zero-order chi connectivity index (χ0) is 8.43. The summed E-state index contributed by atoms with van der Waals surface area (Å²) in [5, 5.41) is 0. The van der Waals surface area contributed by atoms with E-state index in [2.05, 4.69) is 0 Å². The first-order valence-corrected chi connectivity index (χ1v) is 3.59. The van der Waals surface area contributed by atoms with E-state index in [1.165, 1.54) is 6.92 Å². The van der Waals surface area contributed by atoms with Gasteiger partial charge < -0.3 is 0 Å². The highest BCUT2D eigenvalue weighted by Crippen LogP contribution is 2.18. The minimum atomic E-state index is -1.39. The summed E-state index contributed by atoms with van der Waals surface area (Å²) in [4.78, 5) is 22.3. The molecule has 1 aliphatic heterocycles. The molecule has 0 radical (unpaired) electrons. The van der Waals surface area contributed by atoms with Crippen molar-refractivity contribution in [3.8, 4) is 0 Å². The predicted octanol–water partition coefficient (Wildman–Crippen LogP) is 0.841. The van der Waals surface area contributed by atoms with E-state index in [4.69, 9.17) is 0 Å². The quantitative estimate of drug-likeness (QED) is 0.491. The van der Waals surface area contributed by atoms with Crippen LogP contribution in [0.2, 0.25) is 0 Å². The van der Waals surface area contributed by atoms with Crippen LogP contribution >= 0.6 is 0 Å². The Morgan fingerprint density at radius 3 is 2.73 bits per heavy atom. The van der Waals surface area contributed by atoms with Gasteiger partial charge in [0, 0.05) is 13.3 Å². The van der Waals surface area contributed by atoms with E-state index in [9.17, 15) is 14.0 Å². The Morgan fingerprint density at radius 1 is 1.73 bits per heavy atom. The Hall–Kier alpha value is -0.930. The van der Waals surface area contributed by atoms with Crippen LogP contribution in [0.15, 0.2) is 0 Å². The lowest BCUT2D eigenvalue weighted by atomic mass is 10.1. The summed E-state index contributed by atoms with van der Waals surface area (Å²) in [6.45, 7) is 1.20. The van der Waals surface area contributed by atoms with Gasteiger partial charge in [0.15, 0.2) is 6.30 Å². The maximum Gasteiger partial charge on any atom is 0.231 e. The van der Waals surface area contributed by atoms with Crippen LogP contribution in [0.4, 0.5) is 4.39 Å². The fourth-order valence-electron chi connectivity index (χ4n) is 1.20. The average molecular weight is 159 g/mol. The average Bonchev–Trinajstić information content (AvgIpc) is 1.85. The van der Waals surface area contributed by atoms with Crippen molar-refractivity contribution in [1.29, 1.82) is 0 Å². The lowest BCUT2D eigenvalue weighted by molar-refractivity contribution is -0.153. The molecule has 0 saturated carbocycles. The van der Waals surface area contributed by atoms with Gasteiger partial charge in [0.1, 0.15) is 0 Å². The van der Waals surface area contributed by atoms with Crippen molar-refractivity contribution >= 4 is 11.8 Å². The van der Waals surface area contributed by atoms with Gasteiger partial charge in [0.2, 0.25) is 11.8 Å². The Balaban J connectivity index is 2.70. The molecule has 0 spiro atoms. The Bertz CT molecular complexity index is 193. The first-order valence-electron chi connectivity index (χ1n) is 3.59.